The summed E-state index contributed by atoms with van der Waals surface area (Å²) in [5, 5.41) is 0. The maximum atomic E-state index is 12.7. The van der Waals surface area contributed by atoms with E-state index < -0.39 is 10.0 Å². The van der Waals surface area contributed by atoms with Gasteiger partial charge in [-0.1, -0.05) is 6.42 Å². The summed E-state index contributed by atoms with van der Waals surface area (Å²) >= 11 is 3.31. The second-order valence-electron chi connectivity index (χ2n) is 5.58. The van der Waals surface area contributed by atoms with Crippen LogP contribution in [0, 0.1) is 5.92 Å². The van der Waals surface area contributed by atoms with Crippen molar-refractivity contribution in [3.05, 3.63) is 16.6 Å². The highest BCUT2D eigenvalue weighted by molar-refractivity contribution is 9.10. The van der Waals surface area contributed by atoms with E-state index in [0.717, 1.165) is 19.3 Å². The predicted molar refractivity (Wildman–Crippen MR) is 92.9 cm³/mol. The number of ether oxygens (including phenoxy) is 2. The van der Waals surface area contributed by atoms with Gasteiger partial charge in [0.15, 0.2) is 11.5 Å². The third-order valence-electron chi connectivity index (χ3n) is 4.15. The van der Waals surface area contributed by atoms with Crippen molar-refractivity contribution in [3.63, 3.8) is 0 Å². The molecule has 2 unspecified atom stereocenters. The van der Waals surface area contributed by atoms with Crippen molar-refractivity contribution in [2.75, 3.05) is 19.8 Å². The number of nitrogens with one attached hydrogen (secondary N) is 1. The van der Waals surface area contributed by atoms with Crippen molar-refractivity contribution in [2.45, 2.75) is 30.2 Å². The summed E-state index contributed by atoms with van der Waals surface area (Å²) in [6, 6.07) is 3.04. The molecule has 6 nitrogen and oxygen atoms in total. The smallest absolute Gasteiger partial charge is 0.242 e. The van der Waals surface area contributed by atoms with Crippen LogP contribution in [0.2, 0.25) is 0 Å². The molecule has 2 aliphatic rings. The number of hydrogen-bond donors (Lipinski definition) is 2. The van der Waals surface area contributed by atoms with E-state index in [-0.39, 0.29) is 29.3 Å². The Kier molecular flexibility index (Phi) is 6.18. The van der Waals surface area contributed by atoms with Gasteiger partial charge in [0.05, 0.1) is 0 Å². The summed E-state index contributed by atoms with van der Waals surface area (Å²) < 4.78 is 39.5. The van der Waals surface area contributed by atoms with E-state index in [1.807, 2.05) is 0 Å². The van der Waals surface area contributed by atoms with E-state index in [9.17, 15) is 8.42 Å². The molecule has 1 aliphatic heterocycles. The number of hydrogen-bond acceptors (Lipinski definition) is 5. The predicted octanol–water partition coefficient (Wildman–Crippen LogP) is 2.05. The molecular weight excluding hydrogens is 408 g/mol. The molecule has 1 fully saturated rings. The van der Waals surface area contributed by atoms with Crippen LogP contribution in [0.5, 0.6) is 11.5 Å². The molecule has 1 aromatic rings. The van der Waals surface area contributed by atoms with Gasteiger partial charge in [-0.05, 0) is 47.3 Å². The Labute approximate surface area is 150 Å². The lowest BCUT2D eigenvalue weighted by Crippen LogP contribution is -2.39. The lowest BCUT2D eigenvalue weighted by molar-refractivity contribution is 0.171. The molecule has 130 valence electrons. The summed E-state index contributed by atoms with van der Waals surface area (Å²) in [5.74, 6) is 1.21. The van der Waals surface area contributed by atoms with Gasteiger partial charge in [-0.25, -0.2) is 13.1 Å². The van der Waals surface area contributed by atoms with Gasteiger partial charge in [-0.3, -0.25) is 0 Å². The third kappa shape index (κ3) is 3.93. The van der Waals surface area contributed by atoms with Crippen molar-refractivity contribution in [1.29, 1.82) is 0 Å². The van der Waals surface area contributed by atoms with Crippen molar-refractivity contribution >= 4 is 38.4 Å². The Morgan fingerprint density at radius 3 is 2.52 bits per heavy atom. The molecule has 9 heteroatoms. The topological polar surface area (TPSA) is 90.7 Å². The van der Waals surface area contributed by atoms with E-state index in [1.54, 1.807) is 6.07 Å². The molecule has 1 aliphatic carbocycles. The number of nitrogens with two attached hydrogens (primary N) is 1. The second kappa shape index (κ2) is 7.57. The zero-order chi connectivity index (χ0) is 15.7. The first-order valence-electron chi connectivity index (χ1n) is 7.33. The minimum atomic E-state index is -3.64. The first kappa shape index (κ1) is 18.8. The molecule has 0 spiro atoms. The Morgan fingerprint density at radius 1 is 1.22 bits per heavy atom. The minimum Gasteiger partial charge on any atom is -0.486 e. The van der Waals surface area contributed by atoms with Gasteiger partial charge in [0.2, 0.25) is 10.0 Å². The molecule has 0 radical (unpaired) electrons. The average Bonchev–Trinajstić information content (AvgIpc) is 2.92. The highest BCUT2D eigenvalue weighted by Crippen LogP contribution is 2.38. The van der Waals surface area contributed by atoms with Gasteiger partial charge in [0.25, 0.3) is 0 Å². The Hall–Kier alpha value is -0.540. The Morgan fingerprint density at radius 2 is 1.87 bits per heavy atom. The molecule has 3 rings (SSSR count). The highest BCUT2D eigenvalue weighted by atomic mass is 79.9. The highest BCUT2D eigenvalue weighted by Gasteiger charge is 2.32. The van der Waals surface area contributed by atoms with Gasteiger partial charge in [0, 0.05) is 16.6 Å². The molecule has 1 saturated carbocycles. The van der Waals surface area contributed by atoms with Gasteiger partial charge in [-0.15, -0.1) is 12.4 Å². The van der Waals surface area contributed by atoms with Crippen LogP contribution in [0.3, 0.4) is 0 Å². The van der Waals surface area contributed by atoms with Gasteiger partial charge < -0.3 is 15.2 Å². The third-order valence-corrected chi connectivity index (χ3v) is 6.60. The van der Waals surface area contributed by atoms with Crippen LogP contribution in [0.4, 0.5) is 0 Å². The van der Waals surface area contributed by atoms with E-state index >= 15 is 0 Å². The normalized spacial score (nSPS) is 23.4. The van der Waals surface area contributed by atoms with Crippen molar-refractivity contribution < 1.29 is 17.9 Å². The van der Waals surface area contributed by atoms with E-state index in [2.05, 4.69) is 20.7 Å². The standard InChI is InChI=1S/C14H19BrN2O4S.ClH/c15-10-6-12-13(21-5-4-20-12)7-14(10)22(18,19)17-11-3-1-2-9(11)8-16;/h6-7,9,11,17H,1-5,8,16H2;1H. The largest absolute Gasteiger partial charge is 0.486 e. The Balaban J connectivity index is 0.00000192. The first-order valence-corrected chi connectivity index (χ1v) is 9.60. The summed E-state index contributed by atoms with van der Waals surface area (Å²) in [5.41, 5.74) is 5.72. The van der Waals surface area contributed by atoms with E-state index in [0.29, 0.717) is 35.7 Å². The van der Waals surface area contributed by atoms with E-state index in [1.165, 1.54) is 6.07 Å². The van der Waals surface area contributed by atoms with Crippen molar-refractivity contribution in [2.24, 2.45) is 11.7 Å². The molecule has 1 aromatic carbocycles. The van der Waals surface area contributed by atoms with Crippen LogP contribution < -0.4 is 19.9 Å². The average molecular weight is 428 g/mol. The number of rotatable bonds is 4. The minimum absolute atomic E-state index is 0. The lowest BCUT2D eigenvalue weighted by atomic mass is 10.1. The van der Waals surface area contributed by atoms with Gasteiger partial charge in [0.1, 0.15) is 18.1 Å². The van der Waals surface area contributed by atoms with Gasteiger partial charge in [-0.2, -0.15) is 0 Å². The second-order valence-corrected chi connectivity index (χ2v) is 8.12. The fourth-order valence-electron chi connectivity index (χ4n) is 2.99. The molecule has 0 bridgehead atoms. The number of fused-ring (bicyclic) bond motifs is 1. The molecule has 3 N–H and O–H groups in total. The summed E-state index contributed by atoms with van der Waals surface area (Å²) in [4.78, 5) is 0.166. The monoisotopic (exact) mass is 426 g/mol. The zero-order valence-corrected chi connectivity index (χ0v) is 15.7. The first-order chi connectivity index (χ1) is 10.5. The van der Waals surface area contributed by atoms with Crippen molar-refractivity contribution in [1.82, 2.24) is 4.72 Å². The zero-order valence-electron chi connectivity index (χ0n) is 12.5. The van der Waals surface area contributed by atoms with Crippen molar-refractivity contribution in [3.8, 4) is 11.5 Å². The lowest BCUT2D eigenvalue weighted by Gasteiger charge is -2.22. The molecular formula is C14H20BrClN2O4S. The molecule has 1 heterocycles. The van der Waals surface area contributed by atoms with Crippen LogP contribution >= 0.6 is 28.3 Å². The fraction of sp³-hybridized carbons (Fsp3) is 0.571. The van der Waals surface area contributed by atoms with Crippen LogP contribution in [-0.4, -0.2) is 34.2 Å². The molecule has 23 heavy (non-hydrogen) atoms. The van der Waals surface area contributed by atoms with Crippen LogP contribution in [0.1, 0.15) is 19.3 Å². The summed E-state index contributed by atoms with van der Waals surface area (Å²) in [6.45, 7) is 1.37. The number of sulfonamides is 1. The summed E-state index contributed by atoms with van der Waals surface area (Å²) in [7, 11) is -3.64. The molecule has 2 atom stereocenters. The molecule has 0 amide bonds. The SMILES string of the molecule is Cl.NCC1CCCC1NS(=O)(=O)c1cc2c(cc1Br)OCCO2. The maximum Gasteiger partial charge on any atom is 0.242 e. The quantitative estimate of drug-likeness (QED) is 0.767. The van der Waals surface area contributed by atoms with E-state index in [4.69, 9.17) is 15.2 Å². The van der Waals surface area contributed by atoms with Gasteiger partial charge >= 0.3 is 0 Å². The van der Waals surface area contributed by atoms with Crippen LogP contribution in [0.15, 0.2) is 21.5 Å². The fourth-order valence-corrected chi connectivity index (χ4v) is 5.36. The molecule has 0 aromatic heterocycles. The maximum absolute atomic E-state index is 12.7. The van der Waals surface area contributed by atoms with Crippen LogP contribution in [-0.2, 0) is 10.0 Å². The molecule has 0 saturated heterocycles. The Bertz CT molecular complexity index is 671. The summed E-state index contributed by atoms with van der Waals surface area (Å²) in [6.07, 6.45) is 2.78. The number of halogens is 2. The number of benzene rings is 1. The van der Waals surface area contributed by atoms with Crippen LogP contribution in [0.25, 0.3) is 0 Å².